The largest absolute Gasteiger partial charge is 0.283 e. The Kier molecular flexibility index (Phi) is 2.86. The van der Waals surface area contributed by atoms with Crippen LogP contribution >= 0.6 is 0 Å². The van der Waals surface area contributed by atoms with Gasteiger partial charge < -0.3 is 0 Å². The predicted octanol–water partition coefficient (Wildman–Crippen LogP) is 3.03. The molecule has 0 amide bonds. The monoisotopic (exact) mass is 321 g/mol. The fourth-order valence-corrected chi connectivity index (χ4v) is 4.11. The van der Waals surface area contributed by atoms with Crippen molar-refractivity contribution in [2.45, 2.75) is 5.75 Å². The molecule has 2 heterocycles. The third-order valence-electron chi connectivity index (χ3n) is 3.92. The molecule has 3 aromatic rings. The minimum absolute atomic E-state index is 0.0161. The molecule has 0 radical (unpaired) electrons. The van der Waals surface area contributed by atoms with Crippen LogP contribution in [-0.4, -0.2) is 13.4 Å². The lowest BCUT2D eigenvalue weighted by molar-refractivity contribution is 0.602. The second-order valence-electron chi connectivity index (χ2n) is 5.47. The molecule has 0 aliphatic carbocycles. The highest BCUT2D eigenvalue weighted by Crippen LogP contribution is 2.34. The van der Waals surface area contributed by atoms with Gasteiger partial charge in [-0.15, -0.1) is 0 Å². The lowest BCUT2D eigenvalue weighted by Gasteiger charge is -2.08. The predicted molar refractivity (Wildman–Crippen MR) is 88.1 cm³/mol. The van der Waals surface area contributed by atoms with E-state index in [1.165, 1.54) is 0 Å². The Labute approximate surface area is 133 Å². The Balaban J connectivity index is 1.93. The number of pyridine rings is 1. The summed E-state index contributed by atoms with van der Waals surface area (Å²) in [7, 11) is -3.27. The van der Waals surface area contributed by atoms with Gasteiger partial charge in [-0.3, -0.25) is 9.71 Å². The van der Waals surface area contributed by atoms with Gasteiger partial charge in [0.15, 0.2) is 0 Å². The lowest BCUT2D eigenvalue weighted by atomic mass is 9.98. The summed E-state index contributed by atoms with van der Waals surface area (Å²) in [4.78, 5) is 4.25. The van der Waals surface area contributed by atoms with Gasteiger partial charge in [0.2, 0.25) is 10.0 Å². The lowest BCUT2D eigenvalue weighted by Crippen LogP contribution is -2.05. The molecular weight excluding hydrogens is 310 g/mol. The highest BCUT2D eigenvalue weighted by atomic mass is 32.2. The molecule has 112 valence electrons. The van der Waals surface area contributed by atoms with Crippen molar-refractivity contribution < 1.29 is 8.42 Å². The minimum atomic E-state index is -3.27. The van der Waals surface area contributed by atoms with E-state index in [1.807, 2.05) is 24.3 Å². The zero-order valence-electron chi connectivity index (χ0n) is 11.9. The number of fused-ring (bicyclic) bond motifs is 2. The number of aromatic nitrogens is 1. The Bertz CT molecular complexity index is 1100. The van der Waals surface area contributed by atoms with Crippen LogP contribution in [0.5, 0.6) is 0 Å². The number of benzene rings is 2. The first-order valence-corrected chi connectivity index (χ1v) is 8.63. The number of hydrogen-bond donors (Lipinski definition) is 1. The van der Waals surface area contributed by atoms with Crippen LogP contribution in [0.3, 0.4) is 0 Å². The fourth-order valence-electron chi connectivity index (χ4n) is 2.85. The van der Waals surface area contributed by atoms with Gasteiger partial charge >= 0.3 is 0 Å². The Morgan fingerprint density at radius 2 is 2.00 bits per heavy atom. The van der Waals surface area contributed by atoms with Gasteiger partial charge in [-0.25, -0.2) is 8.42 Å². The topological polar surface area (TPSA) is 82.8 Å². The molecule has 1 aliphatic rings. The van der Waals surface area contributed by atoms with E-state index in [0.717, 1.165) is 27.5 Å². The molecule has 4 rings (SSSR count). The molecule has 0 atom stereocenters. The highest BCUT2D eigenvalue weighted by Gasteiger charge is 2.23. The van der Waals surface area contributed by atoms with Crippen molar-refractivity contribution in [1.82, 2.24) is 4.98 Å². The van der Waals surface area contributed by atoms with E-state index >= 15 is 0 Å². The van der Waals surface area contributed by atoms with Crippen LogP contribution in [0.1, 0.15) is 11.1 Å². The summed E-state index contributed by atoms with van der Waals surface area (Å²) in [5.74, 6) is -0.0161. The molecule has 1 aliphatic heterocycles. The van der Waals surface area contributed by atoms with E-state index in [9.17, 15) is 8.42 Å². The number of nitrogens with one attached hydrogen (secondary N) is 1. The Hall–Kier alpha value is -2.91. The summed E-state index contributed by atoms with van der Waals surface area (Å²) in [6.45, 7) is 0. The third kappa shape index (κ3) is 2.31. The molecule has 0 bridgehead atoms. The maximum atomic E-state index is 11.7. The quantitative estimate of drug-likeness (QED) is 0.747. The summed E-state index contributed by atoms with van der Waals surface area (Å²) >= 11 is 0. The van der Waals surface area contributed by atoms with Crippen molar-refractivity contribution >= 4 is 26.5 Å². The molecule has 0 saturated heterocycles. The van der Waals surface area contributed by atoms with Gasteiger partial charge in [0.25, 0.3) is 0 Å². The second kappa shape index (κ2) is 4.80. The third-order valence-corrected chi connectivity index (χ3v) is 5.14. The number of hydrogen-bond acceptors (Lipinski definition) is 4. The number of nitriles is 1. The van der Waals surface area contributed by atoms with E-state index in [4.69, 9.17) is 5.26 Å². The number of rotatable bonds is 1. The average molecular weight is 321 g/mol. The number of sulfonamides is 1. The summed E-state index contributed by atoms with van der Waals surface area (Å²) < 4.78 is 25.9. The number of nitrogens with zero attached hydrogens (tertiary/aromatic N) is 2. The average Bonchev–Trinajstić information content (AvgIpc) is 2.86. The smallest absolute Gasteiger partial charge is 0.237 e. The van der Waals surface area contributed by atoms with E-state index < -0.39 is 10.0 Å². The molecule has 23 heavy (non-hydrogen) atoms. The van der Waals surface area contributed by atoms with Crippen LogP contribution in [0, 0.1) is 11.3 Å². The van der Waals surface area contributed by atoms with Crippen molar-refractivity contribution in [2.24, 2.45) is 0 Å². The van der Waals surface area contributed by atoms with Crippen molar-refractivity contribution in [3.8, 4) is 17.2 Å². The zero-order chi connectivity index (χ0) is 16.0. The van der Waals surface area contributed by atoms with Gasteiger partial charge in [-0.05, 0) is 40.8 Å². The molecule has 5 nitrogen and oxygen atoms in total. The normalized spacial score (nSPS) is 14.9. The molecule has 0 fully saturated rings. The van der Waals surface area contributed by atoms with Gasteiger partial charge in [-0.2, -0.15) is 5.26 Å². The van der Waals surface area contributed by atoms with Crippen LogP contribution in [0.2, 0.25) is 0 Å². The minimum Gasteiger partial charge on any atom is -0.283 e. The maximum absolute atomic E-state index is 11.7. The summed E-state index contributed by atoms with van der Waals surface area (Å²) in [5, 5.41) is 11.0. The molecular formula is C17H11N3O2S. The van der Waals surface area contributed by atoms with Crippen LogP contribution in [0.25, 0.3) is 21.9 Å². The molecule has 1 aromatic heterocycles. The zero-order valence-corrected chi connectivity index (χ0v) is 12.8. The first-order valence-electron chi connectivity index (χ1n) is 6.97. The van der Waals surface area contributed by atoms with Gasteiger partial charge in [0.1, 0.15) is 0 Å². The Morgan fingerprint density at radius 3 is 2.83 bits per heavy atom. The van der Waals surface area contributed by atoms with Crippen LogP contribution < -0.4 is 4.72 Å². The first-order chi connectivity index (χ1) is 11.1. The Morgan fingerprint density at radius 1 is 1.13 bits per heavy atom. The van der Waals surface area contributed by atoms with Gasteiger partial charge in [-0.1, -0.05) is 12.1 Å². The van der Waals surface area contributed by atoms with E-state index in [-0.39, 0.29) is 5.75 Å². The molecule has 0 saturated carbocycles. The standard InChI is InChI=1S/C17H11N3O2S/c18-7-11-1-2-13-8-19-9-16(15(13)5-11)12-3-4-17-14(6-12)10-23(21,22)20-17/h1-6,8-9,20H,10H2. The summed E-state index contributed by atoms with van der Waals surface area (Å²) in [5.41, 5.74) is 3.72. The molecule has 1 N–H and O–H groups in total. The van der Waals surface area contributed by atoms with Crippen molar-refractivity contribution in [3.63, 3.8) is 0 Å². The van der Waals surface area contributed by atoms with E-state index in [1.54, 1.807) is 24.5 Å². The number of anilines is 1. The highest BCUT2D eigenvalue weighted by molar-refractivity contribution is 7.92. The second-order valence-corrected chi connectivity index (χ2v) is 7.19. The molecule has 2 aromatic carbocycles. The van der Waals surface area contributed by atoms with E-state index in [2.05, 4.69) is 15.8 Å². The molecule has 0 spiro atoms. The summed E-state index contributed by atoms with van der Waals surface area (Å²) in [6, 6.07) is 13.1. The first kappa shape index (κ1) is 13.7. The fraction of sp³-hybridized carbons (Fsp3) is 0.0588. The molecule has 6 heteroatoms. The van der Waals surface area contributed by atoms with Crippen molar-refractivity contribution in [3.05, 3.63) is 59.9 Å². The van der Waals surface area contributed by atoms with Crippen LogP contribution in [0.4, 0.5) is 5.69 Å². The van der Waals surface area contributed by atoms with Crippen molar-refractivity contribution in [1.29, 1.82) is 5.26 Å². The van der Waals surface area contributed by atoms with Crippen LogP contribution in [0.15, 0.2) is 48.8 Å². The summed E-state index contributed by atoms with van der Waals surface area (Å²) in [6.07, 6.45) is 3.49. The van der Waals surface area contributed by atoms with Gasteiger partial charge in [0.05, 0.1) is 23.1 Å². The maximum Gasteiger partial charge on any atom is 0.237 e. The van der Waals surface area contributed by atoms with Crippen LogP contribution in [-0.2, 0) is 15.8 Å². The molecule has 0 unspecified atom stereocenters. The van der Waals surface area contributed by atoms with E-state index in [0.29, 0.717) is 11.3 Å². The van der Waals surface area contributed by atoms with Crippen molar-refractivity contribution in [2.75, 3.05) is 4.72 Å². The SMILES string of the molecule is N#Cc1ccc2cncc(-c3ccc4c(c3)CS(=O)(=O)N4)c2c1. The van der Waals surface area contributed by atoms with Gasteiger partial charge in [0, 0.05) is 23.3 Å².